The minimum absolute atomic E-state index is 0.0832. The van der Waals surface area contributed by atoms with Crippen LogP contribution in [0.2, 0.25) is 0 Å². The third-order valence-electron chi connectivity index (χ3n) is 3.28. The molecule has 5 heteroatoms. The van der Waals surface area contributed by atoms with E-state index in [1.165, 1.54) is 0 Å². The molecule has 0 aliphatic carbocycles. The minimum Gasteiger partial charge on any atom is -0.497 e. The smallest absolute Gasteiger partial charge is 0.255 e. The van der Waals surface area contributed by atoms with Crippen molar-refractivity contribution in [3.05, 3.63) is 64.1 Å². The number of benzene rings is 2. The third kappa shape index (κ3) is 4.08. The van der Waals surface area contributed by atoms with Gasteiger partial charge in [-0.05, 0) is 39.7 Å². The molecule has 1 N–H and O–H groups in total. The maximum atomic E-state index is 12.8. The van der Waals surface area contributed by atoms with E-state index >= 15 is 0 Å². The molecule has 4 nitrogen and oxygen atoms in total. The Balaban J connectivity index is 2.26. The van der Waals surface area contributed by atoms with Crippen molar-refractivity contribution in [3.63, 3.8) is 0 Å². The quantitative estimate of drug-likeness (QED) is 0.857. The van der Waals surface area contributed by atoms with Crippen LogP contribution in [0, 0.1) is 0 Å². The van der Waals surface area contributed by atoms with E-state index in [0.29, 0.717) is 22.3 Å². The second-order valence-electron chi connectivity index (χ2n) is 4.78. The lowest BCUT2D eigenvalue weighted by Gasteiger charge is -2.22. The lowest BCUT2D eigenvalue weighted by Crippen LogP contribution is -2.33. The van der Waals surface area contributed by atoms with E-state index in [-0.39, 0.29) is 19.1 Å². The highest BCUT2D eigenvalue weighted by Gasteiger charge is 2.19. The van der Waals surface area contributed by atoms with Crippen LogP contribution in [0.4, 0.5) is 0 Å². The topological polar surface area (TPSA) is 49.8 Å². The van der Waals surface area contributed by atoms with Gasteiger partial charge in [0.2, 0.25) is 0 Å². The summed E-state index contributed by atoms with van der Waals surface area (Å²) < 4.78 is 5.88. The summed E-state index contributed by atoms with van der Waals surface area (Å²) in [6.45, 7) is 0.640. The van der Waals surface area contributed by atoms with Crippen molar-refractivity contribution in [2.45, 2.75) is 6.54 Å². The molecular formula is C17H18BrNO3. The lowest BCUT2D eigenvalue weighted by molar-refractivity contribution is 0.0706. The van der Waals surface area contributed by atoms with Gasteiger partial charge in [-0.2, -0.15) is 0 Å². The molecule has 0 atom stereocenters. The fraction of sp³-hybridized carbons (Fsp3) is 0.235. The predicted molar refractivity (Wildman–Crippen MR) is 89.0 cm³/mol. The molecule has 0 aliphatic rings. The third-order valence-corrected chi connectivity index (χ3v) is 3.97. The average Bonchev–Trinajstić information content (AvgIpc) is 2.55. The first-order valence-corrected chi connectivity index (χ1v) is 7.72. The Morgan fingerprint density at radius 3 is 2.59 bits per heavy atom. The molecular weight excluding hydrogens is 346 g/mol. The molecule has 22 heavy (non-hydrogen) atoms. The molecule has 0 aromatic heterocycles. The van der Waals surface area contributed by atoms with Crippen LogP contribution in [0.5, 0.6) is 5.75 Å². The first kappa shape index (κ1) is 16.5. The Morgan fingerprint density at radius 1 is 1.23 bits per heavy atom. The van der Waals surface area contributed by atoms with Gasteiger partial charge in [-0.3, -0.25) is 4.79 Å². The molecule has 0 radical (unpaired) electrons. The molecule has 116 valence electrons. The monoisotopic (exact) mass is 363 g/mol. The van der Waals surface area contributed by atoms with Gasteiger partial charge in [0.25, 0.3) is 5.91 Å². The number of aliphatic hydroxyl groups is 1. The van der Waals surface area contributed by atoms with Gasteiger partial charge >= 0.3 is 0 Å². The molecule has 2 rings (SSSR count). The molecule has 0 saturated carbocycles. The van der Waals surface area contributed by atoms with Gasteiger partial charge in [0, 0.05) is 17.6 Å². The number of halogens is 1. The van der Waals surface area contributed by atoms with Crippen molar-refractivity contribution in [3.8, 4) is 5.75 Å². The standard InChI is InChI=1S/C17H18BrNO3/c1-22-14-7-8-16(18)15(11-14)17(21)19(9-10-20)12-13-5-3-2-4-6-13/h2-8,11,20H,9-10,12H2,1H3. The molecule has 0 spiro atoms. The van der Waals surface area contributed by atoms with Crippen LogP contribution in [0.15, 0.2) is 53.0 Å². The number of ether oxygens (including phenoxy) is 1. The fourth-order valence-corrected chi connectivity index (χ4v) is 2.56. The zero-order chi connectivity index (χ0) is 15.9. The van der Waals surface area contributed by atoms with E-state index in [4.69, 9.17) is 4.74 Å². The molecule has 0 unspecified atom stereocenters. The van der Waals surface area contributed by atoms with Crippen LogP contribution in [0.3, 0.4) is 0 Å². The number of nitrogens with zero attached hydrogens (tertiary/aromatic N) is 1. The molecule has 0 bridgehead atoms. The summed E-state index contributed by atoms with van der Waals surface area (Å²) in [6, 6.07) is 15.0. The Hall–Kier alpha value is -1.85. The minimum atomic E-state index is -0.149. The second-order valence-corrected chi connectivity index (χ2v) is 5.64. The van der Waals surface area contributed by atoms with E-state index in [9.17, 15) is 9.90 Å². The fourth-order valence-electron chi connectivity index (χ4n) is 2.14. The van der Waals surface area contributed by atoms with Crippen LogP contribution in [0.1, 0.15) is 15.9 Å². The Labute approximate surface area is 138 Å². The van der Waals surface area contributed by atoms with Crippen molar-refractivity contribution in [1.29, 1.82) is 0 Å². The van der Waals surface area contributed by atoms with Crippen molar-refractivity contribution >= 4 is 21.8 Å². The number of hydrogen-bond acceptors (Lipinski definition) is 3. The number of rotatable bonds is 6. The molecule has 2 aromatic rings. The van der Waals surface area contributed by atoms with Crippen LogP contribution in [0.25, 0.3) is 0 Å². The van der Waals surface area contributed by atoms with E-state index < -0.39 is 0 Å². The van der Waals surface area contributed by atoms with Gasteiger partial charge in [-0.1, -0.05) is 30.3 Å². The van der Waals surface area contributed by atoms with Crippen molar-refractivity contribution < 1.29 is 14.6 Å². The summed E-state index contributed by atoms with van der Waals surface area (Å²) in [5.74, 6) is 0.471. The normalized spacial score (nSPS) is 10.3. The van der Waals surface area contributed by atoms with Crippen LogP contribution < -0.4 is 4.74 Å². The van der Waals surface area contributed by atoms with Crippen molar-refractivity contribution in [2.24, 2.45) is 0 Å². The largest absolute Gasteiger partial charge is 0.497 e. The van der Waals surface area contributed by atoms with E-state index in [1.54, 1.807) is 30.2 Å². The average molecular weight is 364 g/mol. The van der Waals surface area contributed by atoms with Crippen LogP contribution in [-0.2, 0) is 6.54 Å². The zero-order valence-electron chi connectivity index (χ0n) is 12.3. The number of methoxy groups -OCH3 is 1. The van der Waals surface area contributed by atoms with Gasteiger partial charge in [-0.25, -0.2) is 0 Å². The summed E-state index contributed by atoms with van der Waals surface area (Å²) in [5, 5.41) is 9.25. The van der Waals surface area contributed by atoms with Crippen molar-refractivity contribution in [1.82, 2.24) is 4.90 Å². The molecule has 0 heterocycles. The Kier molecular flexibility index (Phi) is 5.98. The molecule has 2 aromatic carbocycles. The Morgan fingerprint density at radius 2 is 1.95 bits per heavy atom. The predicted octanol–water partition coefficient (Wildman–Crippen LogP) is 3.09. The van der Waals surface area contributed by atoms with Crippen LogP contribution in [-0.4, -0.2) is 36.2 Å². The highest BCUT2D eigenvalue weighted by molar-refractivity contribution is 9.10. The second kappa shape index (κ2) is 7.96. The highest BCUT2D eigenvalue weighted by atomic mass is 79.9. The van der Waals surface area contributed by atoms with Gasteiger partial charge in [-0.15, -0.1) is 0 Å². The summed E-state index contributed by atoms with van der Waals surface area (Å²) >= 11 is 3.40. The lowest BCUT2D eigenvalue weighted by atomic mass is 10.1. The van der Waals surface area contributed by atoms with E-state index in [1.807, 2.05) is 30.3 Å². The van der Waals surface area contributed by atoms with Crippen molar-refractivity contribution in [2.75, 3.05) is 20.3 Å². The van der Waals surface area contributed by atoms with Gasteiger partial charge in [0.15, 0.2) is 0 Å². The molecule has 0 aliphatic heterocycles. The van der Waals surface area contributed by atoms with Gasteiger partial charge in [0.1, 0.15) is 5.75 Å². The number of carbonyl (C=O) groups excluding carboxylic acids is 1. The number of hydrogen-bond donors (Lipinski definition) is 1. The SMILES string of the molecule is COc1ccc(Br)c(C(=O)N(CCO)Cc2ccccc2)c1. The number of carbonyl (C=O) groups is 1. The maximum Gasteiger partial charge on any atom is 0.255 e. The first-order valence-electron chi connectivity index (χ1n) is 6.93. The summed E-state index contributed by atoms with van der Waals surface area (Å²) in [6.07, 6.45) is 0. The van der Waals surface area contributed by atoms with E-state index in [2.05, 4.69) is 15.9 Å². The summed E-state index contributed by atoms with van der Waals surface area (Å²) in [5.41, 5.74) is 1.53. The maximum absolute atomic E-state index is 12.8. The van der Waals surface area contributed by atoms with Crippen LogP contribution >= 0.6 is 15.9 Å². The molecule has 1 amide bonds. The Bertz CT molecular complexity index is 631. The molecule has 0 fully saturated rings. The number of amides is 1. The molecule has 0 saturated heterocycles. The number of aliphatic hydroxyl groups excluding tert-OH is 1. The zero-order valence-corrected chi connectivity index (χ0v) is 13.9. The van der Waals surface area contributed by atoms with E-state index in [0.717, 1.165) is 5.56 Å². The van der Waals surface area contributed by atoms with Gasteiger partial charge < -0.3 is 14.7 Å². The highest BCUT2D eigenvalue weighted by Crippen LogP contribution is 2.24. The van der Waals surface area contributed by atoms with Gasteiger partial charge in [0.05, 0.1) is 19.3 Å². The first-order chi connectivity index (χ1) is 10.7. The summed E-state index contributed by atoms with van der Waals surface area (Å²) in [7, 11) is 1.56. The summed E-state index contributed by atoms with van der Waals surface area (Å²) in [4.78, 5) is 14.4.